The van der Waals surface area contributed by atoms with Crippen molar-refractivity contribution in [2.24, 2.45) is 0 Å². The number of Topliss-reactive ketones (excluding diaryl/α,β-unsaturated/α-hetero) is 1. The molecule has 1 unspecified atom stereocenters. The van der Waals surface area contributed by atoms with Crippen molar-refractivity contribution in [2.75, 3.05) is 19.8 Å². The highest BCUT2D eigenvalue weighted by atomic mass is 16.5. The predicted octanol–water partition coefficient (Wildman–Crippen LogP) is 1.77. The molecular formula is C13H23NO3. The number of carbonyl (C=O) groups is 2. The van der Waals surface area contributed by atoms with E-state index in [2.05, 4.69) is 0 Å². The van der Waals surface area contributed by atoms with Crippen LogP contribution in [0.1, 0.15) is 46.0 Å². The first kappa shape index (κ1) is 14.2. The molecular weight excluding hydrogens is 218 g/mol. The summed E-state index contributed by atoms with van der Waals surface area (Å²) in [6.07, 6.45) is 3.89. The van der Waals surface area contributed by atoms with E-state index >= 15 is 0 Å². The number of rotatable bonds is 7. The fourth-order valence-electron chi connectivity index (χ4n) is 2.26. The van der Waals surface area contributed by atoms with Crippen LogP contribution in [0.2, 0.25) is 0 Å². The molecule has 1 aliphatic heterocycles. The standard InChI is InChI=1S/C13H23NO3/c1-3-8-17-9-6-13(16)14-7-4-5-12(14)10-11(2)15/h12H,3-10H2,1-2H3. The zero-order valence-corrected chi connectivity index (χ0v) is 10.9. The van der Waals surface area contributed by atoms with Gasteiger partial charge in [0.1, 0.15) is 5.78 Å². The van der Waals surface area contributed by atoms with Gasteiger partial charge in [0.05, 0.1) is 13.0 Å². The molecule has 1 fully saturated rings. The molecule has 0 N–H and O–H groups in total. The second kappa shape index (κ2) is 7.43. The second-order valence-corrected chi connectivity index (χ2v) is 4.65. The summed E-state index contributed by atoms with van der Waals surface area (Å²) in [6, 6.07) is 0.131. The van der Waals surface area contributed by atoms with E-state index in [1.54, 1.807) is 6.92 Å². The molecule has 98 valence electrons. The maximum absolute atomic E-state index is 11.9. The molecule has 4 nitrogen and oxygen atoms in total. The highest BCUT2D eigenvalue weighted by Gasteiger charge is 2.28. The fourth-order valence-corrected chi connectivity index (χ4v) is 2.26. The van der Waals surface area contributed by atoms with Crippen LogP contribution in [-0.2, 0) is 14.3 Å². The number of amides is 1. The number of hydrogen-bond acceptors (Lipinski definition) is 3. The lowest BCUT2D eigenvalue weighted by Crippen LogP contribution is -2.37. The van der Waals surface area contributed by atoms with Crippen molar-refractivity contribution in [1.29, 1.82) is 0 Å². The third-order valence-corrected chi connectivity index (χ3v) is 3.03. The molecule has 1 saturated heterocycles. The Balaban J connectivity index is 2.31. The average molecular weight is 241 g/mol. The van der Waals surface area contributed by atoms with Gasteiger partial charge in [-0.25, -0.2) is 0 Å². The van der Waals surface area contributed by atoms with Gasteiger partial charge in [0.15, 0.2) is 0 Å². The maximum Gasteiger partial charge on any atom is 0.225 e. The van der Waals surface area contributed by atoms with Crippen molar-refractivity contribution >= 4 is 11.7 Å². The van der Waals surface area contributed by atoms with E-state index < -0.39 is 0 Å². The lowest BCUT2D eigenvalue weighted by Gasteiger charge is -2.23. The van der Waals surface area contributed by atoms with Crippen molar-refractivity contribution in [3.05, 3.63) is 0 Å². The molecule has 1 aliphatic rings. The number of nitrogens with zero attached hydrogens (tertiary/aromatic N) is 1. The van der Waals surface area contributed by atoms with Crippen molar-refractivity contribution in [3.63, 3.8) is 0 Å². The molecule has 1 heterocycles. The molecule has 0 aromatic rings. The van der Waals surface area contributed by atoms with E-state index in [0.29, 0.717) is 26.1 Å². The summed E-state index contributed by atoms with van der Waals surface area (Å²) in [5.41, 5.74) is 0. The van der Waals surface area contributed by atoms with E-state index in [9.17, 15) is 9.59 Å². The highest BCUT2D eigenvalue weighted by Crippen LogP contribution is 2.21. The highest BCUT2D eigenvalue weighted by molar-refractivity contribution is 5.80. The number of likely N-dealkylation sites (tertiary alicyclic amines) is 1. The van der Waals surface area contributed by atoms with Crippen LogP contribution >= 0.6 is 0 Å². The van der Waals surface area contributed by atoms with Gasteiger partial charge >= 0.3 is 0 Å². The van der Waals surface area contributed by atoms with Crippen LogP contribution in [0.15, 0.2) is 0 Å². The van der Waals surface area contributed by atoms with Gasteiger partial charge < -0.3 is 9.64 Å². The van der Waals surface area contributed by atoms with Crippen molar-refractivity contribution in [3.8, 4) is 0 Å². The van der Waals surface area contributed by atoms with E-state index in [1.165, 1.54) is 0 Å². The van der Waals surface area contributed by atoms with Crippen LogP contribution in [0.3, 0.4) is 0 Å². The first-order valence-electron chi connectivity index (χ1n) is 6.51. The van der Waals surface area contributed by atoms with E-state index in [1.807, 2.05) is 11.8 Å². The summed E-state index contributed by atoms with van der Waals surface area (Å²) in [7, 11) is 0. The summed E-state index contributed by atoms with van der Waals surface area (Å²) in [6.45, 7) is 5.64. The topological polar surface area (TPSA) is 46.6 Å². The van der Waals surface area contributed by atoms with Crippen LogP contribution in [-0.4, -0.2) is 42.4 Å². The van der Waals surface area contributed by atoms with Crippen LogP contribution in [0.5, 0.6) is 0 Å². The number of carbonyl (C=O) groups excluding carboxylic acids is 2. The molecule has 0 aromatic heterocycles. The lowest BCUT2D eigenvalue weighted by atomic mass is 10.1. The lowest BCUT2D eigenvalue weighted by molar-refractivity contribution is -0.133. The third kappa shape index (κ3) is 4.86. The minimum atomic E-state index is 0.129. The average Bonchev–Trinajstić information content (AvgIpc) is 2.71. The summed E-state index contributed by atoms with van der Waals surface area (Å²) in [5, 5.41) is 0. The van der Waals surface area contributed by atoms with Gasteiger partial charge in [-0.3, -0.25) is 9.59 Å². The minimum absolute atomic E-state index is 0.129. The molecule has 0 aliphatic carbocycles. The van der Waals surface area contributed by atoms with Crippen LogP contribution < -0.4 is 0 Å². The zero-order valence-electron chi connectivity index (χ0n) is 10.9. The zero-order chi connectivity index (χ0) is 12.7. The largest absolute Gasteiger partial charge is 0.381 e. The van der Waals surface area contributed by atoms with E-state index in [4.69, 9.17) is 4.74 Å². The van der Waals surface area contributed by atoms with Gasteiger partial charge in [-0.2, -0.15) is 0 Å². The van der Waals surface area contributed by atoms with Crippen molar-refractivity contribution < 1.29 is 14.3 Å². The summed E-state index contributed by atoms with van der Waals surface area (Å²) >= 11 is 0. The fraction of sp³-hybridized carbons (Fsp3) is 0.846. The molecule has 1 amide bonds. The monoisotopic (exact) mass is 241 g/mol. The molecule has 0 saturated carbocycles. The molecule has 0 spiro atoms. The van der Waals surface area contributed by atoms with Crippen LogP contribution in [0.25, 0.3) is 0 Å². The van der Waals surface area contributed by atoms with E-state index in [-0.39, 0.29) is 17.7 Å². The number of ketones is 1. The second-order valence-electron chi connectivity index (χ2n) is 4.65. The van der Waals surface area contributed by atoms with Crippen LogP contribution in [0, 0.1) is 0 Å². The van der Waals surface area contributed by atoms with Gasteiger partial charge in [-0.15, -0.1) is 0 Å². The molecule has 4 heteroatoms. The molecule has 17 heavy (non-hydrogen) atoms. The Morgan fingerprint density at radius 3 is 2.76 bits per heavy atom. The van der Waals surface area contributed by atoms with Gasteiger partial charge in [-0.05, 0) is 26.2 Å². The minimum Gasteiger partial charge on any atom is -0.381 e. The number of ether oxygens (including phenoxy) is 1. The Morgan fingerprint density at radius 2 is 2.12 bits per heavy atom. The molecule has 0 radical (unpaired) electrons. The van der Waals surface area contributed by atoms with Crippen LogP contribution in [0.4, 0.5) is 0 Å². The molecule has 0 aromatic carbocycles. The third-order valence-electron chi connectivity index (χ3n) is 3.03. The Labute approximate surface area is 103 Å². The maximum atomic E-state index is 11.9. The summed E-state index contributed by atoms with van der Waals surface area (Å²) in [5.74, 6) is 0.293. The Morgan fingerprint density at radius 1 is 1.35 bits per heavy atom. The van der Waals surface area contributed by atoms with E-state index in [0.717, 1.165) is 25.8 Å². The normalized spacial score (nSPS) is 19.6. The Kier molecular flexibility index (Phi) is 6.19. The Hall–Kier alpha value is -0.900. The first-order chi connectivity index (χ1) is 8.15. The summed E-state index contributed by atoms with van der Waals surface area (Å²) < 4.78 is 5.31. The van der Waals surface area contributed by atoms with Crippen molar-refractivity contribution in [2.45, 2.75) is 52.0 Å². The smallest absolute Gasteiger partial charge is 0.225 e. The van der Waals surface area contributed by atoms with Crippen molar-refractivity contribution in [1.82, 2.24) is 4.90 Å². The van der Waals surface area contributed by atoms with Gasteiger partial charge in [0.25, 0.3) is 0 Å². The van der Waals surface area contributed by atoms with Gasteiger partial charge in [-0.1, -0.05) is 6.92 Å². The molecule has 0 bridgehead atoms. The quantitative estimate of drug-likeness (QED) is 0.638. The molecule has 1 rings (SSSR count). The SMILES string of the molecule is CCCOCCC(=O)N1CCCC1CC(C)=O. The summed E-state index contributed by atoms with van der Waals surface area (Å²) in [4.78, 5) is 24.9. The molecule has 1 atom stereocenters. The first-order valence-corrected chi connectivity index (χ1v) is 6.51. The Bertz CT molecular complexity index is 265. The predicted molar refractivity (Wildman–Crippen MR) is 65.8 cm³/mol. The number of hydrogen-bond donors (Lipinski definition) is 0. The van der Waals surface area contributed by atoms with Gasteiger partial charge in [0.2, 0.25) is 5.91 Å². The van der Waals surface area contributed by atoms with Gasteiger partial charge in [0, 0.05) is 25.6 Å².